The van der Waals surface area contributed by atoms with Gasteiger partial charge in [-0.25, -0.2) is 0 Å². The first-order valence-corrected chi connectivity index (χ1v) is 10.9. The lowest BCUT2D eigenvalue weighted by Gasteiger charge is -2.21. The fourth-order valence-corrected chi connectivity index (χ4v) is 4.22. The third-order valence-corrected chi connectivity index (χ3v) is 5.81. The van der Waals surface area contributed by atoms with Gasteiger partial charge in [0.25, 0.3) is 5.91 Å². The lowest BCUT2D eigenvalue weighted by Crippen LogP contribution is -2.39. The molecule has 2 atom stereocenters. The van der Waals surface area contributed by atoms with Gasteiger partial charge in [0.1, 0.15) is 5.75 Å². The monoisotopic (exact) mass is 456 g/mol. The van der Waals surface area contributed by atoms with Crippen molar-refractivity contribution in [2.45, 2.75) is 25.8 Å². The van der Waals surface area contributed by atoms with Gasteiger partial charge in [0, 0.05) is 30.6 Å². The Hall–Kier alpha value is -3.42. The first kappa shape index (κ1) is 24.2. The number of likely N-dealkylation sites (tertiary alicyclic amines) is 1. The molecule has 0 radical (unpaired) electrons. The molecule has 8 nitrogen and oxygen atoms in total. The molecule has 0 aliphatic carbocycles. The van der Waals surface area contributed by atoms with Crippen LogP contribution in [0.4, 0.5) is 0 Å². The van der Waals surface area contributed by atoms with Crippen LogP contribution in [0.15, 0.2) is 36.4 Å². The van der Waals surface area contributed by atoms with Gasteiger partial charge in [0.05, 0.1) is 34.4 Å². The van der Waals surface area contributed by atoms with Crippen molar-refractivity contribution in [3.63, 3.8) is 0 Å². The van der Waals surface area contributed by atoms with Gasteiger partial charge in [-0.3, -0.25) is 9.59 Å². The molecule has 0 spiro atoms. The molecule has 8 heteroatoms. The molecule has 0 aromatic heterocycles. The maximum absolute atomic E-state index is 13.3. The predicted molar refractivity (Wildman–Crippen MR) is 125 cm³/mol. The summed E-state index contributed by atoms with van der Waals surface area (Å²) in [5, 5.41) is 3.00. The van der Waals surface area contributed by atoms with Gasteiger partial charge in [-0.05, 0) is 49.7 Å². The highest BCUT2D eigenvalue weighted by Gasteiger charge is 2.41. The molecule has 0 bridgehead atoms. The van der Waals surface area contributed by atoms with Gasteiger partial charge in [0.15, 0.2) is 11.5 Å². The summed E-state index contributed by atoms with van der Waals surface area (Å²) in [5.74, 6) is 1.19. The number of hydrogen-bond donors (Lipinski definition) is 1. The molecule has 0 saturated carbocycles. The van der Waals surface area contributed by atoms with E-state index in [1.807, 2.05) is 26.0 Å². The highest BCUT2D eigenvalue weighted by Crippen LogP contribution is 2.43. The van der Waals surface area contributed by atoms with E-state index in [1.54, 1.807) is 57.6 Å². The first-order chi connectivity index (χ1) is 15.8. The third kappa shape index (κ3) is 5.16. The van der Waals surface area contributed by atoms with Crippen LogP contribution in [0.3, 0.4) is 0 Å². The Morgan fingerprint density at radius 1 is 0.939 bits per heavy atom. The van der Waals surface area contributed by atoms with Gasteiger partial charge in [-0.15, -0.1) is 0 Å². The van der Waals surface area contributed by atoms with Gasteiger partial charge >= 0.3 is 0 Å². The van der Waals surface area contributed by atoms with E-state index in [4.69, 9.17) is 18.9 Å². The minimum atomic E-state index is -0.426. The standard InChI is InChI=1S/C25H32N2O6/c1-15(2)26-24(28)20-14-27(25(29)16-8-7-9-18(10-16)30-3)13-19(20)17-11-21(31-4)23(33-6)22(12-17)32-5/h7-12,15,19-20H,13-14H2,1-6H3,(H,26,28)/t19-,20-/m1/s1. The quantitative estimate of drug-likeness (QED) is 0.657. The van der Waals surface area contributed by atoms with Crippen LogP contribution < -0.4 is 24.3 Å². The van der Waals surface area contributed by atoms with Crippen molar-refractivity contribution in [3.8, 4) is 23.0 Å². The van der Waals surface area contributed by atoms with Crippen molar-refractivity contribution in [2.75, 3.05) is 41.5 Å². The number of methoxy groups -OCH3 is 4. The zero-order valence-electron chi connectivity index (χ0n) is 20.0. The van der Waals surface area contributed by atoms with Crippen LogP contribution in [0.2, 0.25) is 0 Å². The zero-order chi connectivity index (χ0) is 24.1. The molecule has 1 heterocycles. The normalized spacial score (nSPS) is 17.6. The van der Waals surface area contributed by atoms with E-state index in [2.05, 4.69) is 5.32 Å². The van der Waals surface area contributed by atoms with Crippen molar-refractivity contribution in [2.24, 2.45) is 5.92 Å². The Morgan fingerprint density at radius 2 is 1.61 bits per heavy atom. The van der Waals surface area contributed by atoms with Gasteiger partial charge < -0.3 is 29.2 Å². The molecule has 2 aromatic carbocycles. The third-order valence-electron chi connectivity index (χ3n) is 5.81. The Morgan fingerprint density at radius 3 is 2.15 bits per heavy atom. The molecule has 3 rings (SSSR count). The summed E-state index contributed by atoms with van der Waals surface area (Å²) in [7, 11) is 6.21. The molecule has 0 unspecified atom stereocenters. The first-order valence-electron chi connectivity index (χ1n) is 10.9. The van der Waals surface area contributed by atoms with E-state index in [9.17, 15) is 9.59 Å². The number of benzene rings is 2. The molecule has 33 heavy (non-hydrogen) atoms. The molecule has 2 amide bonds. The van der Waals surface area contributed by atoms with Crippen LogP contribution in [0, 0.1) is 5.92 Å². The van der Waals surface area contributed by atoms with E-state index in [-0.39, 0.29) is 23.8 Å². The van der Waals surface area contributed by atoms with Crippen molar-refractivity contribution in [3.05, 3.63) is 47.5 Å². The summed E-state index contributed by atoms with van der Waals surface area (Å²) >= 11 is 0. The molecular weight excluding hydrogens is 424 g/mol. The number of ether oxygens (including phenoxy) is 4. The summed E-state index contributed by atoms with van der Waals surface area (Å²) in [6.45, 7) is 4.52. The molecule has 1 aliphatic rings. The van der Waals surface area contributed by atoms with Crippen LogP contribution in [0.5, 0.6) is 23.0 Å². The van der Waals surface area contributed by atoms with E-state index in [0.717, 1.165) is 5.56 Å². The average molecular weight is 457 g/mol. The number of nitrogens with one attached hydrogen (secondary N) is 1. The van der Waals surface area contributed by atoms with E-state index < -0.39 is 5.92 Å². The Balaban J connectivity index is 1.99. The number of carbonyl (C=O) groups excluding carboxylic acids is 2. The van der Waals surface area contributed by atoms with Crippen molar-refractivity contribution < 1.29 is 28.5 Å². The van der Waals surface area contributed by atoms with Gasteiger partial charge in [0.2, 0.25) is 11.7 Å². The van der Waals surface area contributed by atoms with E-state index in [0.29, 0.717) is 41.7 Å². The smallest absolute Gasteiger partial charge is 0.254 e. The van der Waals surface area contributed by atoms with Crippen molar-refractivity contribution in [1.29, 1.82) is 0 Å². The second-order valence-electron chi connectivity index (χ2n) is 8.28. The van der Waals surface area contributed by atoms with Crippen molar-refractivity contribution >= 4 is 11.8 Å². The maximum atomic E-state index is 13.3. The number of nitrogens with zero attached hydrogens (tertiary/aromatic N) is 1. The summed E-state index contributed by atoms with van der Waals surface area (Å²) in [6, 6.07) is 10.7. The molecule has 1 saturated heterocycles. The Labute approximate surface area is 194 Å². The minimum Gasteiger partial charge on any atom is -0.497 e. The summed E-state index contributed by atoms with van der Waals surface area (Å²) in [6.07, 6.45) is 0. The predicted octanol–water partition coefficient (Wildman–Crippen LogP) is 3.10. The summed E-state index contributed by atoms with van der Waals surface area (Å²) < 4.78 is 21.7. The van der Waals surface area contributed by atoms with E-state index >= 15 is 0 Å². The van der Waals surface area contributed by atoms with Crippen LogP contribution in [0.1, 0.15) is 35.7 Å². The number of rotatable bonds is 8. The van der Waals surface area contributed by atoms with Crippen LogP contribution in [-0.4, -0.2) is 64.3 Å². The Bertz CT molecular complexity index is 981. The minimum absolute atomic E-state index is 0.0128. The lowest BCUT2D eigenvalue weighted by atomic mass is 9.87. The summed E-state index contributed by atoms with van der Waals surface area (Å²) in [4.78, 5) is 28.1. The number of carbonyl (C=O) groups is 2. The molecule has 2 aromatic rings. The fraction of sp³-hybridized carbons (Fsp3) is 0.440. The van der Waals surface area contributed by atoms with E-state index in [1.165, 1.54) is 0 Å². The molecule has 1 N–H and O–H groups in total. The Kier molecular flexibility index (Phi) is 7.68. The van der Waals surface area contributed by atoms with Crippen LogP contribution >= 0.6 is 0 Å². The van der Waals surface area contributed by atoms with Crippen LogP contribution in [0.25, 0.3) is 0 Å². The second-order valence-corrected chi connectivity index (χ2v) is 8.28. The maximum Gasteiger partial charge on any atom is 0.254 e. The van der Waals surface area contributed by atoms with Crippen LogP contribution in [-0.2, 0) is 4.79 Å². The van der Waals surface area contributed by atoms with Gasteiger partial charge in [-0.2, -0.15) is 0 Å². The number of hydrogen-bond acceptors (Lipinski definition) is 6. The van der Waals surface area contributed by atoms with Crippen molar-refractivity contribution in [1.82, 2.24) is 10.2 Å². The second kappa shape index (κ2) is 10.5. The average Bonchev–Trinajstić information content (AvgIpc) is 3.27. The highest BCUT2D eigenvalue weighted by atomic mass is 16.5. The van der Waals surface area contributed by atoms with Gasteiger partial charge in [-0.1, -0.05) is 6.07 Å². The molecule has 1 aliphatic heterocycles. The number of amides is 2. The molecular formula is C25H32N2O6. The lowest BCUT2D eigenvalue weighted by molar-refractivity contribution is -0.125. The topological polar surface area (TPSA) is 86.3 Å². The zero-order valence-corrected chi connectivity index (χ0v) is 20.0. The molecule has 1 fully saturated rings. The highest BCUT2D eigenvalue weighted by molar-refractivity contribution is 5.95. The fourth-order valence-electron chi connectivity index (χ4n) is 4.22. The summed E-state index contributed by atoms with van der Waals surface area (Å²) in [5.41, 5.74) is 1.36. The molecule has 178 valence electrons. The SMILES string of the molecule is COc1cccc(C(=O)N2C[C@H](c3cc(OC)c(OC)c(OC)c3)[C@H](C(=O)NC(C)C)C2)c1. The largest absolute Gasteiger partial charge is 0.497 e.